The Morgan fingerprint density at radius 2 is 1.95 bits per heavy atom. The fourth-order valence-electron chi connectivity index (χ4n) is 1.31. The van der Waals surface area contributed by atoms with E-state index < -0.39 is 24.1 Å². The van der Waals surface area contributed by atoms with Gasteiger partial charge < -0.3 is 10.4 Å². The molecule has 0 bridgehead atoms. The quantitative estimate of drug-likeness (QED) is 0.897. The second-order valence-electron chi connectivity index (χ2n) is 4.32. The summed E-state index contributed by atoms with van der Waals surface area (Å²) in [7, 11) is 0. The number of carbonyl (C=O) groups is 1. The van der Waals surface area contributed by atoms with E-state index in [1.54, 1.807) is 24.3 Å². The van der Waals surface area contributed by atoms with Crippen LogP contribution in [0.15, 0.2) is 24.3 Å². The van der Waals surface area contributed by atoms with E-state index in [2.05, 4.69) is 5.32 Å². The Morgan fingerprint density at radius 3 is 2.47 bits per heavy atom. The van der Waals surface area contributed by atoms with Gasteiger partial charge in [0.25, 0.3) is 0 Å². The van der Waals surface area contributed by atoms with Crippen LogP contribution in [0.25, 0.3) is 0 Å². The zero-order valence-electron chi connectivity index (χ0n) is 10.1. The SMILES string of the molecule is C[C@@](O)(CC(=O)NCc1ccccc1Cl)C(F)(F)F. The van der Waals surface area contributed by atoms with Crippen LogP contribution < -0.4 is 5.32 Å². The summed E-state index contributed by atoms with van der Waals surface area (Å²) in [4.78, 5) is 11.4. The number of aliphatic hydroxyl groups is 1. The number of benzene rings is 1. The van der Waals surface area contributed by atoms with E-state index in [9.17, 15) is 18.0 Å². The molecule has 0 spiro atoms. The highest BCUT2D eigenvalue weighted by Gasteiger charge is 2.50. The van der Waals surface area contributed by atoms with Crippen molar-refractivity contribution >= 4 is 17.5 Å². The third-order valence-electron chi connectivity index (χ3n) is 2.55. The van der Waals surface area contributed by atoms with Crippen molar-refractivity contribution in [2.24, 2.45) is 0 Å². The zero-order valence-corrected chi connectivity index (χ0v) is 10.8. The molecule has 3 nitrogen and oxygen atoms in total. The molecule has 1 rings (SSSR count). The van der Waals surface area contributed by atoms with Crippen molar-refractivity contribution in [1.29, 1.82) is 0 Å². The van der Waals surface area contributed by atoms with Crippen LogP contribution in [-0.2, 0) is 11.3 Å². The summed E-state index contributed by atoms with van der Waals surface area (Å²) in [6.45, 7) is 0.564. The second kappa shape index (κ2) is 5.79. The molecule has 0 saturated heterocycles. The van der Waals surface area contributed by atoms with E-state index >= 15 is 0 Å². The lowest BCUT2D eigenvalue weighted by Gasteiger charge is -2.25. The molecular weight excluding hydrogens is 283 g/mol. The van der Waals surface area contributed by atoms with Gasteiger partial charge >= 0.3 is 6.18 Å². The summed E-state index contributed by atoms with van der Waals surface area (Å²) in [6, 6.07) is 6.64. The molecule has 106 valence electrons. The number of amides is 1. The minimum atomic E-state index is -4.85. The lowest BCUT2D eigenvalue weighted by molar-refractivity contribution is -0.253. The summed E-state index contributed by atoms with van der Waals surface area (Å²) in [5.74, 6) is -0.901. The summed E-state index contributed by atoms with van der Waals surface area (Å²) in [5.41, 5.74) is -2.46. The largest absolute Gasteiger partial charge is 0.417 e. The summed E-state index contributed by atoms with van der Waals surface area (Å²) in [6.07, 6.45) is -5.91. The molecule has 2 N–H and O–H groups in total. The minimum Gasteiger partial charge on any atom is -0.380 e. The highest BCUT2D eigenvalue weighted by molar-refractivity contribution is 6.31. The summed E-state index contributed by atoms with van der Waals surface area (Å²) < 4.78 is 37.1. The van der Waals surface area contributed by atoms with Crippen molar-refractivity contribution in [3.8, 4) is 0 Å². The van der Waals surface area contributed by atoms with Crippen LogP contribution in [0.4, 0.5) is 13.2 Å². The second-order valence-corrected chi connectivity index (χ2v) is 4.72. The Kier molecular flexibility index (Phi) is 4.81. The van der Waals surface area contributed by atoms with Crippen molar-refractivity contribution in [2.45, 2.75) is 31.7 Å². The van der Waals surface area contributed by atoms with E-state index in [1.165, 1.54) is 0 Å². The van der Waals surface area contributed by atoms with Crippen molar-refractivity contribution in [1.82, 2.24) is 5.32 Å². The molecule has 0 unspecified atom stereocenters. The van der Waals surface area contributed by atoms with E-state index in [-0.39, 0.29) is 6.54 Å². The molecule has 1 aromatic rings. The molecule has 0 aromatic heterocycles. The van der Waals surface area contributed by atoms with Crippen LogP contribution in [0.1, 0.15) is 18.9 Å². The predicted octanol–water partition coefficient (Wildman–Crippen LogP) is 2.66. The number of hydrogen-bond donors (Lipinski definition) is 2. The highest BCUT2D eigenvalue weighted by Crippen LogP contribution is 2.32. The van der Waals surface area contributed by atoms with Gasteiger partial charge in [-0.05, 0) is 18.6 Å². The average Bonchev–Trinajstić information content (AvgIpc) is 2.26. The third kappa shape index (κ3) is 4.40. The topological polar surface area (TPSA) is 49.3 Å². The molecule has 1 atom stereocenters. The molecule has 0 fully saturated rings. The molecule has 19 heavy (non-hydrogen) atoms. The number of rotatable bonds is 4. The Morgan fingerprint density at radius 1 is 1.37 bits per heavy atom. The van der Waals surface area contributed by atoms with Gasteiger partial charge in [0.15, 0.2) is 5.60 Å². The van der Waals surface area contributed by atoms with Crippen molar-refractivity contribution < 1.29 is 23.1 Å². The normalized spacial score (nSPS) is 14.8. The molecule has 1 amide bonds. The van der Waals surface area contributed by atoms with Crippen LogP contribution in [-0.4, -0.2) is 22.8 Å². The molecular formula is C12H13ClF3NO2. The number of carbonyl (C=O) groups excluding carboxylic acids is 1. The maximum absolute atomic E-state index is 12.4. The molecule has 0 saturated carbocycles. The van der Waals surface area contributed by atoms with Crippen LogP contribution in [0.5, 0.6) is 0 Å². The maximum atomic E-state index is 12.4. The highest BCUT2D eigenvalue weighted by atomic mass is 35.5. The Balaban J connectivity index is 2.56. The van der Waals surface area contributed by atoms with Crippen molar-refractivity contribution in [2.75, 3.05) is 0 Å². The molecule has 0 heterocycles. The van der Waals surface area contributed by atoms with Gasteiger partial charge in [-0.1, -0.05) is 29.8 Å². The molecule has 0 radical (unpaired) electrons. The molecule has 7 heteroatoms. The molecule has 0 aliphatic carbocycles. The van der Waals surface area contributed by atoms with E-state index in [4.69, 9.17) is 16.7 Å². The first kappa shape index (κ1) is 15.8. The monoisotopic (exact) mass is 295 g/mol. The van der Waals surface area contributed by atoms with Gasteiger partial charge in [0.2, 0.25) is 5.91 Å². The van der Waals surface area contributed by atoms with Gasteiger partial charge in [0, 0.05) is 11.6 Å². The van der Waals surface area contributed by atoms with Crippen LogP contribution in [0.2, 0.25) is 5.02 Å². The predicted molar refractivity (Wildman–Crippen MR) is 64.6 cm³/mol. The first-order chi connectivity index (χ1) is 8.63. The van der Waals surface area contributed by atoms with E-state index in [0.717, 1.165) is 0 Å². The molecule has 0 aliphatic heterocycles. The van der Waals surface area contributed by atoms with Gasteiger partial charge in [0.05, 0.1) is 6.42 Å². The minimum absolute atomic E-state index is 0.00639. The van der Waals surface area contributed by atoms with Crippen molar-refractivity contribution in [3.63, 3.8) is 0 Å². The Labute approximate surface area is 113 Å². The van der Waals surface area contributed by atoms with Crippen molar-refractivity contribution in [3.05, 3.63) is 34.9 Å². The first-order valence-corrected chi connectivity index (χ1v) is 5.80. The lowest BCUT2D eigenvalue weighted by atomic mass is 10.0. The fourth-order valence-corrected chi connectivity index (χ4v) is 1.51. The summed E-state index contributed by atoms with van der Waals surface area (Å²) in [5, 5.41) is 11.9. The average molecular weight is 296 g/mol. The maximum Gasteiger partial charge on any atom is 0.417 e. The number of halogens is 4. The van der Waals surface area contributed by atoms with Crippen LogP contribution in [0, 0.1) is 0 Å². The van der Waals surface area contributed by atoms with Gasteiger partial charge in [-0.25, -0.2) is 0 Å². The summed E-state index contributed by atoms with van der Waals surface area (Å²) >= 11 is 5.83. The Bertz CT molecular complexity index is 461. The standard InChI is InChI=1S/C12H13ClF3NO2/c1-11(19,12(14,15)16)6-10(18)17-7-8-4-2-3-5-9(8)13/h2-5,19H,6-7H2,1H3,(H,17,18)/t11-/m1/s1. The number of nitrogens with one attached hydrogen (secondary N) is 1. The van der Waals surface area contributed by atoms with Gasteiger partial charge in [-0.3, -0.25) is 4.79 Å². The fraction of sp³-hybridized carbons (Fsp3) is 0.417. The Hall–Kier alpha value is -1.27. The van der Waals surface area contributed by atoms with Crippen LogP contribution in [0.3, 0.4) is 0 Å². The third-order valence-corrected chi connectivity index (χ3v) is 2.92. The van der Waals surface area contributed by atoms with Gasteiger partial charge in [-0.2, -0.15) is 13.2 Å². The van der Waals surface area contributed by atoms with Crippen LogP contribution >= 0.6 is 11.6 Å². The number of alkyl halides is 3. The smallest absolute Gasteiger partial charge is 0.380 e. The van der Waals surface area contributed by atoms with E-state index in [0.29, 0.717) is 17.5 Å². The number of hydrogen-bond acceptors (Lipinski definition) is 2. The van der Waals surface area contributed by atoms with Gasteiger partial charge in [-0.15, -0.1) is 0 Å². The van der Waals surface area contributed by atoms with E-state index in [1.807, 2.05) is 0 Å². The zero-order chi connectivity index (χ0) is 14.7. The molecule has 0 aliphatic rings. The molecule has 1 aromatic carbocycles. The lowest BCUT2D eigenvalue weighted by Crippen LogP contribution is -2.46. The van der Waals surface area contributed by atoms with Gasteiger partial charge in [0.1, 0.15) is 0 Å². The first-order valence-electron chi connectivity index (χ1n) is 5.43.